The molecule has 4 nitrogen and oxygen atoms in total. The minimum atomic E-state index is -1.25. The van der Waals surface area contributed by atoms with Gasteiger partial charge in [0.15, 0.2) is 0 Å². The van der Waals surface area contributed by atoms with Crippen LogP contribution in [0.5, 0.6) is 11.5 Å². The molecule has 0 radical (unpaired) electrons. The van der Waals surface area contributed by atoms with Crippen LogP contribution >= 0.6 is 0 Å². The average molecular weight is 915 g/mol. The largest absolute Gasteiger partial charge is 0.457 e. The van der Waals surface area contributed by atoms with Crippen LogP contribution in [0, 0.1) is 0 Å². The highest BCUT2D eigenvalue weighted by Gasteiger charge is 2.45. The molecule has 5 heteroatoms. The molecule has 2 aromatic heterocycles. The lowest BCUT2D eigenvalue weighted by molar-refractivity contribution is 0.492. The Labute approximate surface area is 423 Å². The first-order chi connectivity index (χ1) is 37.9. The molecule has 0 unspecified atom stereocenters. The third-order valence-electron chi connectivity index (χ3n) is 15.1. The van der Waals surface area contributed by atoms with Gasteiger partial charge < -0.3 is 18.6 Å². The molecular formula is C65H53BN2O2. The van der Waals surface area contributed by atoms with Crippen molar-refractivity contribution in [2.75, 3.05) is 4.90 Å². The Hall–Kier alpha value is -7.76. The van der Waals surface area contributed by atoms with E-state index < -0.39 is 42.3 Å². The molecule has 0 atom stereocenters. The summed E-state index contributed by atoms with van der Waals surface area (Å²) in [4.78, 5) is 2.08. The lowest BCUT2D eigenvalue weighted by atomic mass is 9.34. The number of hydrogen-bond donors (Lipinski definition) is 0. The van der Waals surface area contributed by atoms with Crippen LogP contribution in [0.2, 0.25) is 0 Å². The second kappa shape index (κ2) is 14.2. The Morgan fingerprint density at radius 1 is 0.614 bits per heavy atom. The van der Waals surface area contributed by atoms with E-state index in [4.69, 9.17) is 14.6 Å². The van der Waals surface area contributed by atoms with Gasteiger partial charge >= 0.3 is 0 Å². The van der Waals surface area contributed by atoms with Crippen molar-refractivity contribution in [2.45, 2.75) is 71.6 Å². The maximum absolute atomic E-state index is 11.0. The number of rotatable bonds is 3. The van der Waals surface area contributed by atoms with Gasteiger partial charge in [0.2, 0.25) is 0 Å². The zero-order valence-electron chi connectivity index (χ0n) is 50.3. The molecule has 0 spiro atoms. The van der Waals surface area contributed by atoms with Gasteiger partial charge in [-0.25, -0.2) is 0 Å². The van der Waals surface area contributed by atoms with Crippen molar-refractivity contribution in [1.29, 1.82) is 0 Å². The molecule has 0 fully saturated rings. The monoisotopic (exact) mass is 914 g/mol. The van der Waals surface area contributed by atoms with Crippen LogP contribution in [0.25, 0.3) is 71.7 Å². The Bertz CT molecular complexity index is 4660. The highest BCUT2D eigenvalue weighted by Crippen LogP contribution is 2.55. The minimum absolute atomic E-state index is 0.0222. The van der Waals surface area contributed by atoms with E-state index in [2.05, 4.69) is 113 Å². The van der Waals surface area contributed by atoms with Gasteiger partial charge in [0, 0.05) is 50.4 Å². The van der Waals surface area contributed by atoms with Gasteiger partial charge in [-0.3, -0.25) is 0 Å². The van der Waals surface area contributed by atoms with Gasteiger partial charge in [-0.2, -0.15) is 0 Å². The van der Waals surface area contributed by atoms with Crippen molar-refractivity contribution >= 4 is 83.8 Å². The van der Waals surface area contributed by atoms with Crippen LogP contribution in [-0.4, -0.2) is 11.3 Å². The number of anilines is 3. The van der Waals surface area contributed by atoms with E-state index in [-0.39, 0.29) is 80.2 Å². The Balaban J connectivity index is 1.16. The number of fused-ring (bicyclic) bond motifs is 14. The smallest absolute Gasteiger partial charge is 0.256 e. The highest BCUT2D eigenvalue weighted by molar-refractivity contribution is 6.99. The third-order valence-corrected chi connectivity index (χ3v) is 15.1. The van der Waals surface area contributed by atoms with Gasteiger partial charge in [0.25, 0.3) is 6.71 Å². The number of benzene rings is 9. The number of hydrogen-bond acceptors (Lipinski definition) is 3. The van der Waals surface area contributed by atoms with E-state index in [1.807, 2.05) is 48.5 Å². The van der Waals surface area contributed by atoms with Crippen LogP contribution in [-0.2, 0) is 16.2 Å². The van der Waals surface area contributed by atoms with Gasteiger partial charge in [-0.1, -0.05) is 183 Å². The number of ether oxygens (including phenoxy) is 1. The third kappa shape index (κ3) is 5.72. The quantitative estimate of drug-likeness (QED) is 0.165. The molecule has 0 N–H and O–H groups in total. The van der Waals surface area contributed by atoms with Crippen molar-refractivity contribution in [2.24, 2.45) is 0 Å². The van der Waals surface area contributed by atoms with Crippen LogP contribution < -0.4 is 26.0 Å². The fourth-order valence-electron chi connectivity index (χ4n) is 11.6. The summed E-state index contributed by atoms with van der Waals surface area (Å²) in [7, 11) is 0. The molecular weight excluding hydrogens is 852 g/mol. The molecule has 0 saturated heterocycles. The highest BCUT2D eigenvalue weighted by atomic mass is 16.5. The zero-order valence-corrected chi connectivity index (χ0v) is 40.3. The first kappa shape index (κ1) is 32.1. The lowest BCUT2D eigenvalue weighted by Gasteiger charge is -2.41. The van der Waals surface area contributed by atoms with Crippen LogP contribution in [0.3, 0.4) is 0 Å². The number of para-hydroxylation sites is 2. The van der Waals surface area contributed by atoms with Gasteiger partial charge in [0.05, 0.1) is 36.0 Å². The molecule has 0 bridgehead atoms. The molecule has 70 heavy (non-hydrogen) atoms. The van der Waals surface area contributed by atoms with E-state index >= 15 is 0 Å². The summed E-state index contributed by atoms with van der Waals surface area (Å²) in [6.45, 7) is 15.9. The van der Waals surface area contributed by atoms with E-state index in [1.165, 1.54) is 4.57 Å². The summed E-state index contributed by atoms with van der Waals surface area (Å²) < 4.78 is 112. The first-order valence-electron chi connectivity index (χ1n) is 29.1. The summed E-state index contributed by atoms with van der Waals surface area (Å²) in [6, 6.07) is 35.7. The number of nitrogens with zero attached hydrogens (tertiary/aromatic N) is 2. The Kier molecular flexibility index (Phi) is 6.50. The van der Waals surface area contributed by atoms with Crippen molar-refractivity contribution in [3.05, 3.63) is 198 Å². The summed E-state index contributed by atoms with van der Waals surface area (Å²) >= 11 is 0. The number of furan rings is 1. The molecule has 14 rings (SSSR count). The van der Waals surface area contributed by atoms with Crippen molar-refractivity contribution in [3.8, 4) is 39.6 Å². The summed E-state index contributed by atoms with van der Waals surface area (Å²) in [6.07, 6.45) is 0. The zero-order chi connectivity index (χ0) is 56.3. The minimum Gasteiger partial charge on any atom is -0.457 e. The van der Waals surface area contributed by atoms with Crippen molar-refractivity contribution in [3.63, 3.8) is 0 Å². The first-order valence-corrected chi connectivity index (χ1v) is 24.1. The molecule has 9 aromatic carbocycles. The summed E-state index contributed by atoms with van der Waals surface area (Å²) in [5, 5.41) is 3.81. The molecule has 1 aliphatic carbocycles. The predicted molar refractivity (Wildman–Crippen MR) is 294 cm³/mol. The molecule has 3 aliphatic rings. The van der Waals surface area contributed by atoms with Gasteiger partial charge in [-0.05, 0) is 108 Å². The maximum Gasteiger partial charge on any atom is 0.256 e. The molecule has 0 amide bonds. The molecule has 2 aliphatic heterocycles. The van der Waals surface area contributed by atoms with Crippen LogP contribution in [0.15, 0.2) is 180 Å². The molecule has 4 heterocycles. The van der Waals surface area contributed by atoms with Crippen molar-refractivity contribution in [1.82, 2.24) is 4.57 Å². The molecule has 0 saturated carbocycles. The van der Waals surface area contributed by atoms with E-state index in [1.54, 1.807) is 13.8 Å². The van der Waals surface area contributed by atoms with Crippen LogP contribution in [0.1, 0.15) is 91.4 Å². The second-order valence-corrected chi connectivity index (χ2v) is 21.7. The van der Waals surface area contributed by atoms with Crippen LogP contribution in [0.4, 0.5) is 17.1 Å². The lowest BCUT2D eigenvalue weighted by Crippen LogP contribution is -2.59. The predicted octanol–water partition coefficient (Wildman–Crippen LogP) is 15.7. The summed E-state index contributed by atoms with van der Waals surface area (Å²) in [5.74, 6) is 0.596. The average Bonchev–Trinajstić information content (AvgIpc) is 3.98. The van der Waals surface area contributed by atoms with Crippen molar-refractivity contribution < 1.29 is 22.9 Å². The van der Waals surface area contributed by atoms with E-state index in [0.29, 0.717) is 39.0 Å². The second-order valence-electron chi connectivity index (χ2n) is 21.7. The fraction of sp³-hybridized carbons (Fsp3) is 0.169. The van der Waals surface area contributed by atoms with Gasteiger partial charge in [-0.15, -0.1) is 0 Å². The SMILES string of the molecule is [2H]c1c([2H])c([2H])c2c(c1[2H])-c1c(c3c([2H])c([2H])c([2H])c([2H])c3n1-c1c([2H])c3c4c(c1[2H])N(c1cccc(C(C)(C)C)c1)c1cc(C(C)(C)C)ccc1B4c1ccc4oc5c(-c6ccc7ccccc7c6)cccc5c4c1O3)C2(C)C. The van der Waals surface area contributed by atoms with E-state index in [0.717, 1.165) is 60.7 Å². The topological polar surface area (TPSA) is 30.5 Å². The summed E-state index contributed by atoms with van der Waals surface area (Å²) in [5.41, 5.74) is 8.32. The maximum atomic E-state index is 11.0. The normalized spacial score (nSPS) is 16.5. The van der Waals surface area contributed by atoms with E-state index in [9.17, 15) is 8.22 Å². The Morgan fingerprint density at radius 2 is 1.37 bits per heavy atom. The Morgan fingerprint density at radius 3 is 2.21 bits per heavy atom. The van der Waals surface area contributed by atoms with Gasteiger partial charge in [0.1, 0.15) is 22.7 Å². The standard InChI is InChI=1S/C65H53BN2O2/c1-63(2,3)41-19-15-20-43(34-41)67-53-35-42(64(4,5)6)29-30-50(53)66-51-31-32-55-57(48-24-16-23-45(61(48)69-55)40-28-27-38-17-9-10-18-39(38)33-40)62(51)70-56-37-44(36-54(67)59(56)66)68-52-26-14-12-22-47(52)58-60(68)46-21-11-13-25-49(46)65(58,7)8/h9-37H,1-8H3/i11D,12D,13D,14D,21D,22D,25D,26D,36D,37D. The fourth-order valence-corrected chi connectivity index (χ4v) is 11.6. The molecule has 338 valence electrons. The number of aromatic nitrogens is 1. The molecule has 11 aromatic rings.